The third-order valence-electron chi connectivity index (χ3n) is 9.27. The van der Waals surface area contributed by atoms with Crippen molar-refractivity contribution in [2.24, 2.45) is 5.14 Å². The second-order valence-electron chi connectivity index (χ2n) is 13.1. The molecule has 4 aromatic carbocycles. The molecule has 0 bridgehead atoms. The Morgan fingerprint density at radius 3 is 1.26 bits per heavy atom. The first-order valence-electron chi connectivity index (χ1n) is 18.1. The predicted molar refractivity (Wildman–Crippen MR) is 239 cm³/mol. The number of rotatable bonds is 16. The fraction of sp³-hybridized carbons (Fsp3) is 0.186. The van der Waals surface area contributed by atoms with Crippen molar-refractivity contribution >= 4 is 73.8 Å². The van der Waals surface area contributed by atoms with Crippen LogP contribution < -0.4 is 33.9 Å². The summed E-state index contributed by atoms with van der Waals surface area (Å²) in [7, 11) is 2.53. The highest BCUT2D eigenvalue weighted by Gasteiger charge is 2.19. The largest absolute Gasteiger partial charge is 0.493 e. The van der Waals surface area contributed by atoms with Crippen molar-refractivity contribution in [1.29, 1.82) is 0 Å². The Hall–Kier alpha value is -5.48. The smallest absolute Gasteiger partial charge is 0.335 e. The van der Waals surface area contributed by atoms with Crippen molar-refractivity contribution in [3.8, 4) is 23.0 Å². The highest BCUT2D eigenvalue weighted by atomic mass is 35.5. The summed E-state index contributed by atoms with van der Waals surface area (Å²) in [6, 6.07) is 24.3. The number of sulfonamides is 1. The lowest BCUT2D eigenvalue weighted by Gasteiger charge is -2.27. The molecule has 6 aromatic rings. The monoisotopic (exact) mass is 927 g/mol. The lowest BCUT2D eigenvalue weighted by atomic mass is 10.1. The SMILES string of the molecule is COc1ccc(N(Cc2ccc(C(=O)O)cc2)Cc2c(Cl)cncc2Cl)cc1OC.COc1ccc(N(Cc2ccc(S(N)(=O)=O)cc2)Cc2c(Cl)cncc2Cl)cc1OC. The molecule has 2 heterocycles. The first-order chi connectivity index (χ1) is 29.1. The minimum absolute atomic E-state index is 0.0501. The number of anilines is 2. The molecule has 0 unspecified atom stereocenters. The molecule has 0 spiro atoms. The summed E-state index contributed by atoms with van der Waals surface area (Å²) in [4.78, 5) is 23.3. The number of methoxy groups -OCH3 is 4. The normalized spacial score (nSPS) is 10.9. The number of hydrogen-bond acceptors (Lipinski definition) is 11. The van der Waals surface area contributed by atoms with E-state index < -0.39 is 16.0 Å². The minimum atomic E-state index is -3.76. The van der Waals surface area contributed by atoms with Gasteiger partial charge in [0.15, 0.2) is 23.0 Å². The molecule has 0 radical (unpaired) electrons. The van der Waals surface area contributed by atoms with E-state index in [4.69, 9.17) is 75.6 Å². The van der Waals surface area contributed by atoms with Crippen LogP contribution in [0.5, 0.6) is 23.0 Å². The van der Waals surface area contributed by atoms with E-state index in [0.29, 0.717) is 74.8 Å². The molecule has 3 N–H and O–H groups in total. The van der Waals surface area contributed by atoms with Gasteiger partial charge in [-0.05, 0) is 59.7 Å². The van der Waals surface area contributed by atoms with Gasteiger partial charge in [-0.15, -0.1) is 0 Å². The number of nitrogens with two attached hydrogens (primary N) is 1. The number of pyridine rings is 2. The standard InChI is InChI=1S/C22H20Cl2N2O4.C21H21Cl2N3O4S/c1-29-20-8-7-16(9-21(20)30-2)26(13-17-18(23)10-25-11-19(17)24)12-14-3-5-15(6-4-14)22(27)28;1-29-20-8-5-15(9-21(20)30-2)26(13-17-18(22)10-25-11-19(17)23)12-14-3-6-16(7-4-14)31(24,27)28/h3-11H,12-13H2,1-2H3,(H,27,28);3-11H,12-13H2,1-2H3,(H2,24,27,28). The average Bonchev–Trinajstić information content (AvgIpc) is 3.25. The van der Waals surface area contributed by atoms with E-state index in [2.05, 4.69) is 14.9 Å². The van der Waals surface area contributed by atoms with Gasteiger partial charge < -0.3 is 33.9 Å². The van der Waals surface area contributed by atoms with Crippen LogP contribution in [0.3, 0.4) is 0 Å². The Kier molecular flexibility index (Phi) is 16.3. The van der Waals surface area contributed by atoms with Gasteiger partial charge >= 0.3 is 5.97 Å². The van der Waals surface area contributed by atoms with Gasteiger partial charge in [0.2, 0.25) is 10.0 Å². The molecule has 0 aliphatic heterocycles. The van der Waals surface area contributed by atoms with Crippen molar-refractivity contribution in [1.82, 2.24) is 9.97 Å². The van der Waals surface area contributed by atoms with E-state index in [0.717, 1.165) is 28.1 Å². The number of aromatic nitrogens is 2. The summed E-state index contributed by atoms with van der Waals surface area (Å²) >= 11 is 25.4. The molecule has 13 nitrogen and oxygen atoms in total. The molecule has 320 valence electrons. The lowest BCUT2D eigenvalue weighted by Crippen LogP contribution is -2.23. The third-order valence-corrected chi connectivity index (χ3v) is 11.5. The van der Waals surface area contributed by atoms with Gasteiger partial charge in [-0.2, -0.15) is 0 Å². The maximum atomic E-state index is 11.5. The molecule has 0 aliphatic rings. The molecule has 0 saturated heterocycles. The Morgan fingerprint density at radius 2 is 0.934 bits per heavy atom. The number of carbonyl (C=O) groups is 1. The minimum Gasteiger partial charge on any atom is -0.493 e. The fourth-order valence-corrected chi connectivity index (χ4v) is 7.54. The summed E-state index contributed by atoms with van der Waals surface area (Å²) in [5, 5.41) is 16.1. The number of carboxylic acids is 1. The van der Waals surface area contributed by atoms with E-state index in [1.165, 1.54) is 24.5 Å². The summed E-state index contributed by atoms with van der Waals surface area (Å²) < 4.78 is 44.6. The van der Waals surface area contributed by atoms with Crippen LogP contribution in [0.2, 0.25) is 20.1 Å². The average molecular weight is 930 g/mol. The summed E-state index contributed by atoms with van der Waals surface area (Å²) in [5.41, 5.74) is 5.17. The van der Waals surface area contributed by atoms with Gasteiger partial charge in [-0.3, -0.25) is 9.97 Å². The zero-order valence-corrected chi connectivity index (χ0v) is 37.2. The van der Waals surface area contributed by atoms with E-state index in [-0.39, 0.29) is 10.5 Å². The molecular weight excluding hydrogens is 888 g/mol. The van der Waals surface area contributed by atoms with E-state index >= 15 is 0 Å². The first kappa shape index (κ1) is 46.6. The van der Waals surface area contributed by atoms with Crippen LogP contribution in [0.4, 0.5) is 11.4 Å². The number of benzene rings is 4. The molecule has 0 fully saturated rings. The first-order valence-corrected chi connectivity index (χ1v) is 21.1. The molecule has 0 saturated carbocycles. The van der Waals surface area contributed by atoms with Crippen LogP contribution in [0.15, 0.2) is 115 Å². The maximum absolute atomic E-state index is 11.5. The molecular formula is C43H41Cl4N5O8S. The summed E-state index contributed by atoms with van der Waals surface area (Å²) in [6.07, 6.45) is 6.18. The van der Waals surface area contributed by atoms with Crippen LogP contribution in [0, 0.1) is 0 Å². The van der Waals surface area contributed by atoms with Gasteiger partial charge in [0.1, 0.15) is 0 Å². The Balaban J connectivity index is 0.000000231. The predicted octanol–water partition coefficient (Wildman–Crippen LogP) is 9.57. The zero-order valence-electron chi connectivity index (χ0n) is 33.3. The number of halogens is 4. The van der Waals surface area contributed by atoms with Gasteiger partial charge in [0.25, 0.3) is 0 Å². The number of primary sulfonamides is 1. The van der Waals surface area contributed by atoms with E-state index in [9.17, 15) is 13.2 Å². The maximum Gasteiger partial charge on any atom is 0.335 e. The second kappa shape index (κ2) is 21.4. The van der Waals surface area contributed by atoms with Gasteiger partial charge in [0, 0.05) is 85.6 Å². The quantitative estimate of drug-likeness (QED) is 0.0945. The topological polar surface area (TPSA) is 167 Å². The van der Waals surface area contributed by atoms with Gasteiger partial charge in [0.05, 0.1) is 59.0 Å². The second-order valence-corrected chi connectivity index (χ2v) is 16.3. The van der Waals surface area contributed by atoms with Gasteiger partial charge in [-0.25, -0.2) is 18.4 Å². The molecule has 61 heavy (non-hydrogen) atoms. The van der Waals surface area contributed by atoms with Crippen molar-refractivity contribution in [2.45, 2.75) is 31.1 Å². The molecule has 6 rings (SSSR count). The molecule has 0 aliphatic carbocycles. The molecule has 2 aromatic heterocycles. The Bertz CT molecular complexity index is 2530. The fourth-order valence-electron chi connectivity index (χ4n) is 6.06. The van der Waals surface area contributed by atoms with Gasteiger partial charge in [-0.1, -0.05) is 70.7 Å². The Morgan fingerprint density at radius 1 is 0.574 bits per heavy atom. The summed E-state index contributed by atoms with van der Waals surface area (Å²) in [6.45, 7) is 1.72. The number of carboxylic acid groups (broad SMARTS) is 1. The number of nitrogens with zero attached hydrogens (tertiary/aromatic N) is 4. The lowest BCUT2D eigenvalue weighted by molar-refractivity contribution is 0.0697. The van der Waals surface area contributed by atoms with Crippen molar-refractivity contribution in [3.05, 3.63) is 158 Å². The van der Waals surface area contributed by atoms with Crippen LogP contribution in [-0.4, -0.2) is 57.9 Å². The van der Waals surface area contributed by atoms with E-state index in [1.807, 2.05) is 35.2 Å². The highest BCUT2D eigenvalue weighted by Crippen LogP contribution is 2.36. The molecule has 0 atom stereocenters. The number of ether oxygens (including phenoxy) is 4. The van der Waals surface area contributed by atoms with Crippen molar-refractivity contribution < 1.29 is 37.3 Å². The summed E-state index contributed by atoms with van der Waals surface area (Å²) in [5.74, 6) is 1.42. The Labute approximate surface area is 374 Å². The molecule has 18 heteroatoms. The van der Waals surface area contributed by atoms with Crippen molar-refractivity contribution in [3.63, 3.8) is 0 Å². The van der Waals surface area contributed by atoms with Crippen molar-refractivity contribution in [2.75, 3.05) is 38.2 Å². The highest BCUT2D eigenvalue weighted by molar-refractivity contribution is 7.89. The molecule has 0 amide bonds. The number of aromatic carboxylic acids is 1. The van der Waals surface area contributed by atoms with Crippen LogP contribution >= 0.6 is 46.4 Å². The van der Waals surface area contributed by atoms with Crippen LogP contribution in [0.25, 0.3) is 0 Å². The third kappa shape index (κ3) is 12.3. The number of hydrogen-bond donors (Lipinski definition) is 2. The van der Waals surface area contributed by atoms with Crippen LogP contribution in [0.1, 0.15) is 32.6 Å². The zero-order chi connectivity index (χ0) is 44.3. The van der Waals surface area contributed by atoms with E-state index in [1.54, 1.807) is 83.3 Å². The van der Waals surface area contributed by atoms with Crippen LogP contribution in [-0.2, 0) is 36.2 Å².